The van der Waals surface area contributed by atoms with Crippen LogP contribution in [0.15, 0.2) is 4.99 Å². The zero-order valence-corrected chi connectivity index (χ0v) is 16.0. The Morgan fingerprint density at radius 3 is 2.30 bits per heavy atom. The largest absolute Gasteiger partial charge is 0.356 e. The van der Waals surface area contributed by atoms with Crippen molar-refractivity contribution in [3.63, 3.8) is 0 Å². The monoisotopic (exact) mass is 398 g/mol. The smallest absolute Gasteiger partial charge is 0.243 e. The Labute approximate surface area is 141 Å². The Balaban J connectivity index is 0. The van der Waals surface area contributed by atoms with E-state index in [4.69, 9.17) is 0 Å². The van der Waals surface area contributed by atoms with Gasteiger partial charge in [-0.15, -0.1) is 24.0 Å². The highest BCUT2D eigenvalue weighted by molar-refractivity contribution is 14.0. The standard InChI is InChI=1S/C14H30N4O.HI/c1-7-12(4)17-14(15-9-8-11(2)3)16-10-13(19)18(5)6;/h11-12H,7-10H2,1-6H3,(H2,15,16,17);1H. The molecule has 0 aliphatic heterocycles. The predicted molar refractivity (Wildman–Crippen MR) is 96.8 cm³/mol. The molecule has 1 atom stereocenters. The number of hydrogen-bond acceptors (Lipinski definition) is 2. The van der Waals surface area contributed by atoms with Crippen molar-refractivity contribution in [2.45, 2.75) is 46.6 Å². The van der Waals surface area contributed by atoms with Crippen molar-refractivity contribution in [1.82, 2.24) is 15.5 Å². The first-order valence-electron chi connectivity index (χ1n) is 7.11. The van der Waals surface area contributed by atoms with Crippen LogP contribution in [0.5, 0.6) is 0 Å². The van der Waals surface area contributed by atoms with Crippen LogP contribution in [0.2, 0.25) is 0 Å². The number of rotatable bonds is 7. The van der Waals surface area contributed by atoms with Crippen molar-refractivity contribution in [2.24, 2.45) is 10.9 Å². The third-order valence-corrected chi connectivity index (χ3v) is 2.88. The number of hydrogen-bond donors (Lipinski definition) is 2. The van der Waals surface area contributed by atoms with Crippen LogP contribution in [-0.4, -0.2) is 50.0 Å². The van der Waals surface area contributed by atoms with Gasteiger partial charge in [-0.05, 0) is 25.7 Å². The Hall–Kier alpha value is -0.530. The van der Waals surface area contributed by atoms with Crippen LogP contribution in [0.3, 0.4) is 0 Å². The summed E-state index contributed by atoms with van der Waals surface area (Å²) in [5, 5.41) is 6.58. The van der Waals surface area contributed by atoms with Gasteiger partial charge in [0.05, 0.1) is 0 Å². The molecule has 0 aromatic carbocycles. The van der Waals surface area contributed by atoms with E-state index < -0.39 is 0 Å². The van der Waals surface area contributed by atoms with Crippen molar-refractivity contribution in [1.29, 1.82) is 0 Å². The van der Waals surface area contributed by atoms with E-state index in [0.29, 0.717) is 12.0 Å². The summed E-state index contributed by atoms with van der Waals surface area (Å²) < 4.78 is 0. The molecule has 6 heteroatoms. The maximum Gasteiger partial charge on any atom is 0.243 e. The van der Waals surface area contributed by atoms with Crippen LogP contribution in [-0.2, 0) is 4.79 Å². The zero-order valence-electron chi connectivity index (χ0n) is 13.7. The summed E-state index contributed by atoms with van der Waals surface area (Å²) in [5.41, 5.74) is 0. The summed E-state index contributed by atoms with van der Waals surface area (Å²) in [6.45, 7) is 9.66. The van der Waals surface area contributed by atoms with Crippen LogP contribution < -0.4 is 10.6 Å². The van der Waals surface area contributed by atoms with Crippen molar-refractivity contribution in [3.8, 4) is 0 Å². The van der Waals surface area contributed by atoms with E-state index in [1.807, 2.05) is 0 Å². The van der Waals surface area contributed by atoms with E-state index in [9.17, 15) is 4.79 Å². The third kappa shape index (κ3) is 11.3. The molecule has 0 saturated carbocycles. The Morgan fingerprint density at radius 1 is 1.25 bits per heavy atom. The molecule has 0 aromatic heterocycles. The molecular weight excluding hydrogens is 367 g/mol. The molecule has 0 aromatic rings. The van der Waals surface area contributed by atoms with Gasteiger partial charge >= 0.3 is 0 Å². The highest BCUT2D eigenvalue weighted by atomic mass is 127. The minimum atomic E-state index is 0. The normalized spacial score (nSPS) is 12.7. The summed E-state index contributed by atoms with van der Waals surface area (Å²) in [7, 11) is 3.48. The first kappa shape index (κ1) is 21.8. The van der Waals surface area contributed by atoms with Gasteiger partial charge in [0, 0.05) is 26.7 Å². The molecule has 20 heavy (non-hydrogen) atoms. The average molecular weight is 398 g/mol. The van der Waals surface area contributed by atoms with Gasteiger partial charge in [0.2, 0.25) is 5.91 Å². The molecule has 0 aliphatic carbocycles. The molecule has 0 fully saturated rings. The van der Waals surface area contributed by atoms with E-state index in [0.717, 1.165) is 25.3 Å². The van der Waals surface area contributed by atoms with Gasteiger partial charge in [0.25, 0.3) is 0 Å². The SMILES string of the molecule is CCC(C)NC(=NCC(=O)N(C)C)NCCC(C)C.I. The van der Waals surface area contributed by atoms with Crippen LogP contribution in [0, 0.1) is 5.92 Å². The molecule has 0 aliphatic rings. The highest BCUT2D eigenvalue weighted by Crippen LogP contribution is 1.96. The number of nitrogens with zero attached hydrogens (tertiary/aromatic N) is 2. The molecule has 0 heterocycles. The third-order valence-electron chi connectivity index (χ3n) is 2.88. The lowest BCUT2D eigenvalue weighted by atomic mass is 10.1. The van der Waals surface area contributed by atoms with E-state index in [1.165, 1.54) is 0 Å². The summed E-state index contributed by atoms with van der Waals surface area (Å²) in [4.78, 5) is 17.4. The minimum Gasteiger partial charge on any atom is -0.356 e. The topological polar surface area (TPSA) is 56.7 Å². The Morgan fingerprint density at radius 2 is 1.85 bits per heavy atom. The number of amides is 1. The van der Waals surface area contributed by atoms with E-state index in [-0.39, 0.29) is 36.4 Å². The van der Waals surface area contributed by atoms with E-state index >= 15 is 0 Å². The number of aliphatic imine (C=N–C) groups is 1. The fourth-order valence-electron chi connectivity index (χ4n) is 1.26. The number of guanidine groups is 1. The molecule has 120 valence electrons. The number of nitrogens with one attached hydrogen (secondary N) is 2. The number of carbonyl (C=O) groups is 1. The van der Waals surface area contributed by atoms with Crippen LogP contribution in [0.25, 0.3) is 0 Å². The van der Waals surface area contributed by atoms with Gasteiger partial charge in [-0.3, -0.25) is 4.79 Å². The van der Waals surface area contributed by atoms with Gasteiger partial charge in [-0.1, -0.05) is 20.8 Å². The molecule has 0 spiro atoms. The number of halogens is 1. The second-order valence-electron chi connectivity index (χ2n) is 5.52. The molecular formula is C14H31IN4O. The van der Waals surface area contributed by atoms with Gasteiger partial charge in [-0.25, -0.2) is 4.99 Å². The van der Waals surface area contributed by atoms with Crippen molar-refractivity contribution in [3.05, 3.63) is 0 Å². The second kappa shape index (κ2) is 12.2. The molecule has 0 bridgehead atoms. The first-order valence-corrected chi connectivity index (χ1v) is 7.11. The molecule has 0 saturated heterocycles. The fraction of sp³-hybridized carbons (Fsp3) is 0.857. The second-order valence-corrected chi connectivity index (χ2v) is 5.52. The van der Waals surface area contributed by atoms with Gasteiger partial charge in [0.1, 0.15) is 6.54 Å². The lowest BCUT2D eigenvalue weighted by Crippen LogP contribution is -2.43. The van der Waals surface area contributed by atoms with Crippen LogP contribution in [0.4, 0.5) is 0 Å². The summed E-state index contributed by atoms with van der Waals surface area (Å²) in [6.07, 6.45) is 2.11. The summed E-state index contributed by atoms with van der Waals surface area (Å²) in [6, 6.07) is 0.347. The lowest BCUT2D eigenvalue weighted by Gasteiger charge is -2.18. The Kier molecular flexibility index (Phi) is 13.3. The fourth-order valence-corrected chi connectivity index (χ4v) is 1.26. The average Bonchev–Trinajstić information content (AvgIpc) is 2.34. The van der Waals surface area contributed by atoms with Crippen LogP contribution >= 0.6 is 24.0 Å². The van der Waals surface area contributed by atoms with Crippen molar-refractivity contribution >= 4 is 35.8 Å². The maximum absolute atomic E-state index is 11.5. The van der Waals surface area contributed by atoms with Crippen molar-refractivity contribution in [2.75, 3.05) is 27.2 Å². The number of likely N-dealkylation sites (N-methyl/N-ethyl adjacent to an activating group) is 1. The quantitative estimate of drug-likeness (QED) is 0.392. The first-order chi connectivity index (χ1) is 8.86. The minimum absolute atomic E-state index is 0. The number of carbonyl (C=O) groups excluding carboxylic acids is 1. The van der Waals surface area contributed by atoms with E-state index in [1.54, 1.807) is 19.0 Å². The maximum atomic E-state index is 11.5. The van der Waals surface area contributed by atoms with Crippen molar-refractivity contribution < 1.29 is 4.79 Å². The van der Waals surface area contributed by atoms with Gasteiger partial charge in [0.15, 0.2) is 5.96 Å². The Bertz CT molecular complexity index is 293. The molecule has 2 N–H and O–H groups in total. The lowest BCUT2D eigenvalue weighted by molar-refractivity contribution is -0.127. The molecule has 5 nitrogen and oxygen atoms in total. The zero-order chi connectivity index (χ0) is 14.8. The molecule has 1 amide bonds. The van der Waals surface area contributed by atoms with Gasteiger partial charge in [-0.2, -0.15) is 0 Å². The van der Waals surface area contributed by atoms with E-state index in [2.05, 4.69) is 43.3 Å². The van der Waals surface area contributed by atoms with Gasteiger partial charge < -0.3 is 15.5 Å². The van der Waals surface area contributed by atoms with Crippen LogP contribution in [0.1, 0.15) is 40.5 Å². The highest BCUT2D eigenvalue weighted by Gasteiger charge is 2.06. The molecule has 0 rings (SSSR count). The summed E-state index contributed by atoms with van der Waals surface area (Å²) >= 11 is 0. The molecule has 0 radical (unpaired) electrons. The summed E-state index contributed by atoms with van der Waals surface area (Å²) in [5.74, 6) is 1.39. The predicted octanol–water partition coefficient (Wildman–Crippen LogP) is 2.07. The molecule has 1 unspecified atom stereocenters.